The smallest absolute Gasteiger partial charge is 0.248 e. The van der Waals surface area contributed by atoms with E-state index in [1.54, 1.807) is 12.1 Å². The number of rotatable bonds is 6. The summed E-state index contributed by atoms with van der Waals surface area (Å²) in [6.45, 7) is 35.8. The van der Waals surface area contributed by atoms with E-state index >= 15 is 0 Å². The maximum Gasteiger partial charge on any atom is 0.248 e. The molecule has 1 spiro atoms. The zero-order chi connectivity index (χ0) is 90.4. The molecule has 5 aliphatic heterocycles. The zero-order valence-corrected chi connectivity index (χ0v) is 75.8. The average Bonchev–Trinajstić information content (AvgIpc) is 1.63. The second-order valence-corrected chi connectivity index (χ2v) is 41.0. The SMILES string of the molecule is C#Cc1[nH]nc2c1C(C)(c1ccccc1)C1=C(CC(C)(C)CC1=O)N2.CC1(C)CC(=O)C2=C(C1)Nc1n[nH]c(C#N)c1C2(C)c1ccccc1.CCC1(c2ccccc2)C2=C(CC(C)(C)CC2=O)Nc2n[nH]c(C)c21.Cc1[nH]nc2c1C(C)(c1cccc(C(N)=O)c1)C1=C(CC(C)(C)CC1=O)N2.Cc1[nH]nc2c1C1(CCc3ccccc31)C1=C(CC(C)(C)CC1=O)N2. The minimum Gasteiger partial charge on any atom is -0.366 e. The van der Waals surface area contributed by atoms with Crippen molar-refractivity contribution in [2.75, 3.05) is 26.6 Å². The molecule has 1 amide bonds. The van der Waals surface area contributed by atoms with Gasteiger partial charge in [-0.15, -0.1) is 6.42 Å². The molecule has 23 nitrogen and oxygen atoms in total. The first-order valence-corrected chi connectivity index (χ1v) is 44.2. The third-order valence-electron chi connectivity index (χ3n) is 28.5. The standard InChI is InChI=1S/C21H24N4O2.C21H23N3O.C21H21N3O.C21H25N3O.C20H20N4O/c1-11-16-19(25-24-11)23-14-9-20(2,3)10-15(26)17(14)21(16,4)13-7-5-6-12(8-13)18(22)27;1-12-17-19(24-23-12)22-15-10-20(2,3)11-16(25)18(15)21(17)9-8-13-6-4-5-7-14(13)21;1-5-14-18-19(24-23-14)22-15-11-20(2,3)12-16(25)17(15)21(18,4)13-9-7-6-8-10-13;1-5-21(14-9-7-6-8-10-14)17-13(2)23-24-19(17)22-15-11-20(3,4)12-16(25)18(15)21;1-19(2)9-13-16(15(25)10-19)20(3,12-7-5-4-6-8-12)17-14(11-21)23-24-18(17)22-13/h5-8H,9-10H2,1-4H3,(H2,22,27)(H2,23,24,25);4-7H,8-11H2,1-3H3,(H2,22,23,24);1,6-10H,11-12H2,2-4H3,(H2,22,23,24);6-10H,5,11-12H2,1-4H3,(H2,22,23,24);4-8H,9-10H2,1-3H3,(H2,22,23,24). The number of anilines is 5. The Hall–Kier alpha value is -13.3. The number of ketones is 5. The van der Waals surface area contributed by atoms with Gasteiger partial charge in [0.05, 0.1) is 27.1 Å². The Balaban J connectivity index is 0.000000112. The maximum atomic E-state index is 13.3. The lowest BCUT2D eigenvalue weighted by Gasteiger charge is -2.45. The molecule has 0 fully saturated rings. The number of hydrogen-bond donors (Lipinski definition) is 11. The number of allylic oxidation sites excluding steroid dienone is 10. The molecular weight excluding hydrogens is 1580 g/mol. The fourth-order valence-electron chi connectivity index (χ4n) is 23.5. The van der Waals surface area contributed by atoms with Crippen LogP contribution in [-0.4, -0.2) is 85.8 Å². The molecule has 5 unspecified atom stereocenters. The van der Waals surface area contributed by atoms with Crippen molar-refractivity contribution in [1.29, 1.82) is 5.26 Å². The van der Waals surface area contributed by atoms with Gasteiger partial charge in [-0.3, -0.25) is 54.3 Å². The molecule has 5 atom stereocenters. The Bertz CT molecular complexity index is 6290. The van der Waals surface area contributed by atoms with Crippen LogP contribution in [0.3, 0.4) is 0 Å². The number of H-pyrrole nitrogens is 5. The van der Waals surface area contributed by atoms with Crippen LogP contribution in [0.2, 0.25) is 0 Å². The molecule has 10 heterocycles. The van der Waals surface area contributed by atoms with Crippen molar-refractivity contribution in [3.63, 3.8) is 0 Å². The summed E-state index contributed by atoms with van der Waals surface area (Å²) in [4.78, 5) is 78.0. The molecular formula is C104H113N17O6. The third kappa shape index (κ3) is 14.0. The minimum absolute atomic E-state index is 0.00885. The van der Waals surface area contributed by atoms with Crippen LogP contribution >= 0.6 is 0 Å². The molecule has 0 saturated carbocycles. The van der Waals surface area contributed by atoms with Gasteiger partial charge in [0, 0.05) is 139 Å². The van der Waals surface area contributed by atoms with Crippen molar-refractivity contribution in [1.82, 2.24) is 51.0 Å². The van der Waals surface area contributed by atoms with Gasteiger partial charge in [-0.2, -0.15) is 30.8 Å². The summed E-state index contributed by atoms with van der Waals surface area (Å²) >= 11 is 0. The van der Waals surface area contributed by atoms with Gasteiger partial charge in [0.2, 0.25) is 5.91 Å². The Morgan fingerprint density at radius 3 is 1.17 bits per heavy atom. The summed E-state index contributed by atoms with van der Waals surface area (Å²) in [5.74, 6) is 7.10. The Morgan fingerprint density at radius 2 is 0.732 bits per heavy atom. The fourth-order valence-corrected chi connectivity index (χ4v) is 23.5. The molecule has 6 aliphatic carbocycles. The fraction of sp³-hybridized carbons (Fsp3) is 0.385. The number of nitrogens with zero attached hydrogens (tertiary/aromatic N) is 6. The maximum absolute atomic E-state index is 13.3. The number of terminal acetylenes is 1. The lowest BCUT2D eigenvalue weighted by molar-refractivity contribution is -0.119. The van der Waals surface area contributed by atoms with E-state index < -0.39 is 27.6 Å². The Morgan fingerprint density at radius 1 is 0.394 bits per heavy atom. The number of nitrogens with one attached hydrogen (secondary N) is 10. The minimum atomic E-state index is -0.702. The number of Topliss-reactive ketones (excluding diaryl/α,β-unsaturated/α-hetero) is 5. The van der Waals surface area contributed by atoms with Crippen LogP contribution in [0.4, 0.5) is 29.1 Å². The molecule has 10 aromatic rings. The van der Waals surface area contributed by atoms with Gasteiger partial charge in [-0.25, -0.2) is 0 Å². The highest BCUT2D eigenvalue weighted by atomic mass is 16.2. The number of amides is 1. The van der Waals surface area contributed by atoms with Crippen LogP contribution < -0.4 is 32.3 Å². The number of nitrogens with two attached hydrogens (primary N) is 1. The van der Waals surface area contributed by atoms with Crippen LogP contribution in [-0.2, 0) is 57.5 Å². The number of aromatic nitrogens is 10. The van der Waals surface area contributed by atoms with Crippen LogP contribution in [0.15, 0.2) is 196 Å². The van der Waals surface area contributed by atoms with Gasteiger partial charge >= 0.3 is 0 Å². The van der Waals surface area contributed by atoms with Crippen molar-refractivity contribution >= 4 is 63.9 Å². The van der Waals surface area contributed by atoms with E-state index in [0.29, 0.717) is 60.7 Å². The number of fused-ring (bicyclic) bond motifs is 9. The first-order chi connectivity index (χ1) is 60.2. The monoisotopic (exact) mass is 1700 g/mol. The molecule has 0 bridgehead atoms. The van der Waals surface area contributed by atoms with Crippen molar-refractivity contribution in [2.45, 2.75) is 228 Å². The van der Waals surface area contributed by atoms with Gasteiger partial charge in [0.25, 0.3) is 0 Å². The normalized spacial score (nSPS) is 24.5. The van der Waals surface area contributed by atoms with Gasteiger partial charge < -0.3 is 32.3 Å². The van der Waals surface area contributed by atoms with Crippen molar-refractivity contribution in [3.05, 3.63) is 291 Å². The van der Waals surface area contributed by atoms with Gasteiger partial charge in [0.15, 0.2) is 58.0 Å². The predicted octanol–water partition coefficient (Wildman–Crippen LogP) is 19.1. The van der Waals surface area contributed by atoms with Gasteiger partial charge in [-0.05, 0) is 165 Å². The lowest BCUT2D eigenvalue weighted by atomic mass is 9.59. The average molecular weight is 1700 g/mol. The molecule has 12 N–H and O–H groups in total. The Kier molecular flexibility index (Phi) is 20.8. The van der Waals surface area contributed by atoms with E-state index in [2.05, 4.69) is 240 Å². The first kappa shape index (κ1) is 85.9. The quantitative estimate of drug-likeness (QED) is 0.0689. The molecule has 650 valence electrons. The predicted molar refractivity (Wildman–Crippen MR) is 493 cm³/mol. The molecule has 0 radical (unpaired) electrons. The number of carbonyl (C=O) groups excluding carboxylic acids is 6. The summed E-state index contributed by atoms with van der Waals surface area (Å²) in [7, 11) is 0. The van der Waals surface area contributed by atoms with Crippen molar-refractivity contribution < 1.29 is 28.8 Å². The number of benzene rings is 5. The van der Waals surface area contributed by atoms with Crippen LogP contribution in [0, 0.1) is 71.5 Å². The molecule has 127 heavy (non-hydrogen) atoms. The molecule has 11 aliphatic rings. The summed E-state index contributed by atoms with van der Waals surface area (Å²) in [6, 6.07) is 48.5. The highest BCUT2D eigenvalue weighted by molar-refractivity contribution is 6.07. The number of hydrogen-bond acceptors (Lipinski definition) is 17. The third-order valence-corrected chi connectivity index (χ3v) is 28.5. The largest absolute Gasteiger partial charge is 0.366 e. The second kappa shape index (κ2) is 30.8. The summed E-state index contributed by atoms with van der Waals surface area (Å²) in [6.07, 6.45) is 15.4. The van der Waals surface area contributed by atoms with E-state index in [0.717, 1.165) is 187 Å². The second-order valence-electron chi connectivity index (χ2n) is 41.0. The van der Waals surface area contributed by atoms with E-state index in [1.807, 2.05) is 94.4 Å². The van der Waals surface area contributed by atoms with E-state index in [-0.39, 0.29) is 55.6 Å². The van der Waals surface area contributed by atoms with Crippen molar-refractivity contribution in [2.24, 2.45) is 32.8 Å². The topological polar surface area (TPSA) is 356 Å². The number of primary amides is 1. The lowest BCUT2D eigenvalue weighted by Crippen LogP contribution is -2.43. The number of carbonyl (C=O) groups is 6. The van der Waals surface area contributed by atoms with Crippen LogP contribution in [0.1, 0.15) is 274 Å². The van der Waals surface area contributed by atoms with Gasteiger partial charge in [0.1, 0.15) is 17.5 Å². The van der Waals surface area contributed by atoms with E-state index in [4.69, 9.17) is 12.2 Å². The molecule has 0 saturated heterocycles. The Labute approximate surface area is 741 Å². The summed E-state index contributed by atoms with van der Waals surface area (Å²) in [5, 5.41) is 63.9. The highest BCUT2D eigenvalue weighted by Crippen LogP contribution is 2.62. The first-order valence-electron chi connectivity index (χ1n) is 44.2. The van der Waals surface area contributed by atoms with Crippen molar-refractivity contribution in [3.8, 4) is 18.4 Å². The molecule has 21 rings (SSSR count). The van der Waals surface area contributed by atoms with Gasteiger partial charge in [-0.1, -0.05) is 209 Å². The highest BCUT2D eigenvalue weighted by Gasteiger charge is 2.58. The molecule has 5 aromatic carbocycles. The number of aryl methyl sites for hydroxylation is 4. The zero-order valence-electron chi connectivity index (χ0n) is 75.8. The van der Waals surface area contributed by atoms with Crippen LogP contribution in [0.25, 0.3) is 0 Å². The van der Waals surface area contributed by atoms with E-state index in [9.17, 15) is 34.0 Å². The van der Waals surface area contributed by atoms with Crippen LogP contribution in [0.5, 0.6) is 0 Å². The summed E-state index contributed by atoms with van der Waals surface area (Å²) in [5.41, 5.74) is 27.7. The van der Waals surface area contributed by atoms with E-state index in [1.165, 1.54) is 22.3 Å². The number of nitriles is 1. The number of aromatic amines is 5. The summed E-state index contributed by atoms with van der Waals surface area (Å²) < 4.78 is 0. The molecule has 23 heteroatoms. The molecule has 5 aromatic heterocycles.